The third kappa shape index (κ3) is 4.03. The highest BCUT2D eigenvalue weighted by atomic mass is 14.8. The van der Waals surface area contributed by atoms with Crippen LogP contribution in [0.4, 0.5) is 0 Å². The van der Waals surface area contributed by atoms with E-state index in [9.17, 15) is 0 Å². The molecule has 1 heterocycles. The third-order valence-electron chi connectivity index (χ3n) is 2.54. The van der Waals surface area contributed by atoms with E-state index in [1.807, 2.05) is 25.2 Å². The second-order valence-corrected chi connectivity index (χ2v) is 3.75. The van der Waals surface area contributed by atoms with Crippen LogP contribution < -0.4 is 0 Å². The second-order valence-electron chi connectivity index (χ2n) is 3.75. The number of nitrogens with zero attached hydrogens (tertiary/aromatic N) is 2. The molecule has 0 N–H and O–H groups in total. The lowest BCUT2D eigenvalue weighted by molar-refractivity contribution is 1.15. The van der Waals surface area contributed by atoms with Crippen molar-refractivity contribution in [2.24, 2.45) is 0 Å². The zero-order chi connectivity index (χ0) is 14.1. The molecule has 19 heavy (non-hydrogen) atoms. The number of hydrogen-bond acceptors (Lipinski definition) is 2. The highest BCUT2D eigenvalue weighted by molar-refractivity contribution is 5.76. The summed E-state index contributed by atoms with van der Waals surface area (Å²) in [5.41, 5.74) is 3.85. The summed E-state index contributed by atoms with van der Waals surface area (Å²) in [5, 5.41) is 0. The van der Waals surface area contributed by atoms with Crippen LogP contribution in [-0.2, 0) is 0 Å². The normalized spacial score (nSPS) is 13.0. The van der Waals surface area contributed by atoms with Gasteiger partial charge in [-0.3, -0.25) is 0 Å². The standard InChI is InChI=1S/C17H18N2/c1-5-9-14(6-2)15(7-3)10-16(8-4)17-11-18-13-19-12-17/h5-13H,2-4H2,1H3/b9-5-,15-14+,16-10+. The van der Waals surface area contributed by atoms with Crippen LogP contribution >= 0.6 is 0 Å². The molecule has 1 aromatic heterocycles. The average molecular weight is 250 g/mol. The minimum atomic E-state index is 0.917. The maximum Gasteiger partial charge on any atom is 0.115 e. The van der Waals surface area contributed by atoms with E-state index in [-0.39, 0.29) is 0 Å². The Hall–Kier alpha value is -2.48. The van der Waals surface area contributed by atoms with Gasteiger partial charge in [0.2, 0.25) is 0 Å². The van der Waals surface area contributed by atoms with Gasteiger partial charge in [-0.15, -0.1) is 0 Å². The van der Waals surface area contributed by atoms with Crippen LogP contribution in [0.1, 0.15) is 12.5 Å². The number of aromatic nitrogens is 2. The molecule has 0 aliphatic rings. The third-order valence-corrected chi connectivity index (χ3v) is 2.54. The van der Waals surface area contributed by atoms with Crippen LogP contribution in [0.2, 0.25) is 0 Å². The van der Waals surface area contributed by atoms with Crippen LogP contribution in [0.5, 0.6) is 0 Å². The molecule has 0 atom stereocenters. The van der Waals surface area contributed by atoms with Crippen molar-refractivity contribution in [1.82, 2.24) is 9.97 Å². The van der Waals surface area contributed by atoms with Crippen LogP contribution in [-0.4, -0.2) is 9.97 Å². The molecule has 0 spiro atoms. The molecule has 2 nitrogen and oxygen atoms in total. The predicted octanol–water partition coefficient (Wildman–Crippen LogP) is 4.29. The van der Waals surface area contributed by atoms with E-state index >= 15 is 0 Å². The van der Waals surface area contributed by atoms with Gasteiger partial charge in [-0.25, -0.2) is 9.97 Å². The van der Waals surface area contributed by atoms with Crippen molar-refractivity contribution in [2.45, 2.75) is 6.92 Å². The van der Waals surface area contributed by atoms with Gasteiger partial charge in [0, 0.05) is 18.0 Å². The van der Waals surface area contributed by atoms with Gasteiger partial charge in [-0.05, 0) is 29.7 Å². The average Bonchev–Trinajstić information content (AvgIpc) is 2.47. The zero-order valence-electron chi connectivity index (χ0n) is 11.2. The number of rotatable bonds is 6. The fourth-order valence-electron chi connectivity index (χ4n) is 1.60. The first-order chi connectivity index (χ1) is 9.26. The summed E-state index contributed by atoms with van der Waals surface area (Å²) in [6.07, 6.45) is 16.3. The molecule has 0 bridgehead atoms. The van der Waals surface area contributed by atoms with Crippen molar-refractivity contribution in [2.75, 3.05) is 0 Å². The summed E-state index contributed by atoms with van der Waals surface area (Å²) in [4.78, 5) is 8.02. The monoisotopic (exact) mass is 250 g/mol. The van der Waals surface area contributed by atoms with Gasteiger partial charge in [0.05, 0.1) is 0 Å². The summed E-state index contributed by atoms with van der Waals surface area (Å²) in [6.45, 7) is 13.5. The number of hydrogen-bond donors (Lipinski definition) is 0. The maximum atomic E-state index is 4.01. The molecule has 0 aromatic carbocycles. The summed E-state index contributed by atoms with van der Waals surface area (Å²) in [7, 11) is 0. The molecule has 0 radical (unpaired) electrons. The molecule has 0 fully saturated rings. The van der Waals surface area contributed by atoms with Crippen LogP contribution in [0, 0.1) is 0 Å². The highest BCUT2D eigenvalue weighted by Gasteiger charge is 2.00. The molecule has 0 saturated heterocycles. The van der Waals surface area contributed by atoms with Crippen LogP contribution in [0.25, 0.3) is 5.57 Å². The minimum Gasteiger partial charge on any atom is -0.244 e. The van der Waals surface area contributed by atoms with Crippen molar-refractivity contribution in [1.29, 1.82) is 0 Å². The number of allylic oxidation sites excluding steroid dienone is 9. The van der Waals surface area contributed by atoms with Crippen LogP contribution in [0.15, 0.2) is 86.1 Å². The Bertz CT molecular complexity index is 546. The molecule has 96 valence electrons. The zero-order valence-corrected chi connectivity index (χ0v) is 11.2. The summed E-state index contributed by atoms with van der Waals surface area (Å²) in [5.74, 6) is 0. The molecule has 1 aromatic rings. The Morgan fingerprint density at radius 3 is 2.11 bits per heavy atom. The Morgan fingerprint density at radius 1 is 1.00 bits per heavy atom. The van der Waals surface area contributed by atoms with Gasteiger partial charge in [0.25, 0.3) is 0 Å². The first-order valence-electron chi connectivity index (χ1n) is 5.98. The fourth-order valence-corrected chi connectivity index (χ4v) is 1.60. The van der Waals surface area contributed by atoms with Crippen molar-refractivity contribution in [3.05, 3.63) is 91.6 Å². The van der Waals surface area contributed by atoms with E-state index in [0.717, 1.165) is 22.3 Å². The SMILES string of the molecule is C=C\C(=C/C(C=C)=C(C=C)/C=C\C)c1cncnc1. The largest absolute Gasteiger partial charge is 0.244 e. The first-order valence-corrected chi connectivity index (χ1v) is 5.98. The van der Waals surface area contributed by atoms with Gasteiger partial charge in [0.15, 0.2) is 0 Å². The van der Waals surface area contributed by atoms with Gasteiger partial charge in [-0.1, -0.05) is 50.1 Å². The molecule has 0 saturated carbocycles. The lowest BCUT2D eigenvalue weighted by Crippen LogP contribution is -1.87. The topological polar surface area (TPSA) is 25.8 Å². The minimum absolute atomic E-state index is 0.917. The van der Waals surface area contributed by atoms with Gasteiger partial charge in [0.1, 0.15) is 6.33 Å². The van der Waals surface area contributed by atoms with Crippen molar-refractivity contribution < 1.29 is 0 Å². The lowest BCUT2D eigenvalue weighted by Gasteiger charge is -2.04. The van der Waals surface area contributed by atoms with E-state index < -0.39 is 0 Å². The molecule has 0 amide bonds. The smallest absolute Gasteiger partial charge is 0.115 e. The molecule has 1 rings (SSSR count). The van der Waals surface area contributed by atoms with Gasteiger partial charge in [-0.2, -0.15) is 0 Å². The van der Waals surface area contributed by atoms with Crippen molar-refractivity contribution >= 4 is 5.57 Å². The van der Waals surface area contributed by atoms with E-state index in [4.69, 9.17) is 0 Å². The molecule has 0 unspecified atom stereocenters. The molecule has 0 aliphatic heterocycles. The quantitative estimate of drug-likeness (QED) is 0.704. The Labute approximate surface area is 114 Å². The summed E-state index contributed by atoms with van der Waals surface area (Å²) in [6, 6.07) is 0. The highest BCUT2D eigenvalue weighted by Crippen LogP contribution is 2.19. The summed E-state index contributed by atoms with van der Waals surface area (Å²) >= 11 is 0. The Morgan fingerprint density at radius 2 is 1.63 bits per heavy atom. The molecular formula is C17H18N2. The van der Waals surface area contributed by atoms with E-state index in [0.29, 0.717) is 0 Å². The van der Waals surface area contributed by atoms with Crippen molar-refractivity contribution in [3.8, 4) is 0 Å². The Balaban J connectivity index is 3.33. The van der Waals surface area contributed by atoms with E-state index in [2.05, 4.69) is 29.7 Å². The van der Waals surface area contributed by atoms with Crippen molar-refractivity contribution in [3.63, 3.8) is 0 Å². The second kappa shape index (κ2) is 7.77. The first kappa shape index (κ1) is 14.6. The van der Waals surface area contributed by atoms with Crippen LogP contribution in [0.3, 0.4) is 0 Å². The lowest BCUT2D eigenvalue weighted by atomic mass is 10.0. The van der Waals surface area contributed by atoms with Gasteiger partial charge >= 0.3 is 0 Å². The van der Waals surface area contributed by atoms with E-state index in [1.54, 1.807) is 30.6 Å². The fraction of sp³-hybridized carbons (Fsp3) is 0.0588. The summed E-state index contributed by atoms with van der Waals surface area (Å²) < 4.78 is 0. The van der Waals surface area contributed by atoms with Gasteiger partial charge < -0.3 is 0 Å². The Kier molecular flexibility index (Phi) is 5.96. The predicted molar refractivity (Wildman–Crippen MR) is 82.4 cm³/mol. The molecular weight excluding hydrogens is 232 g/mol. The molecule has 0 aliphatic carbocycles. The van der Waals surface area contributed by atoms with E-state index in [1.165, 1.54) is 6.33 Å². The maximum absolute atomic E-state index is 4.01. The molecule has 2 heteroatoms.